The molecule has 0 saturated carbocycles. The van der Waals surface area contributed by atoms with Gasteiger partial charge >= 0.3 is 0 Å². The Morgan fingerprint density at radius 3 is 2.06 bits per heavy atom. The van der Waals surface area contributed by atoms with Gasteiger partial charge in [0.2, 0.25) is 0 Å². The molecule has 2 rings (SSSR count). The van der Waals surface area contributed by atoms with Crippen LogP contribution < -0.4 is 0 Å². The van der Waals surface area contributed by atoms with Crippen LogP contribution in [0.5, 0.6) is 0 Å². The fraction of sp³-hybridized carbons (Fsp3) is 0.500. The zero-order valence-corrected chi connectivity index (χ0v) is 11.6. The molecule has 0 aliphatic carbocycles. The van der Waals surface area contributed by atoms with Crippen LogP contribution in [0.1, 0.15) is 44.5 Å². The highest BCUT2D eigenvalue weighted by Gasteiger charge is 2.00. The van der Waals surface area contributed by atoms with E-state index in [1.807, 2.05) is 39.1 Å². The van der Waals surface area contributed by atoms with E-state index in [9.17, 15) is 0 Å². The maximum absolute atomic E-state index is 4.35. The van der Waals surface area contributed by atoms with E-state index in [0.717, 1.165) is 5.69 Å². The first-order chi connectivity index (χ1) is 7.66. The molecule has 0 unspecified atom stereocenters. The van der Waals surface area contributed by atoms with Crippen molar-refractivity contribution >= 4 is 5.52 Å². The molecule has 0 radical (unpaired) electrons. The number of hydrogen-bond acceptors (Lipinski definition) is 1. The molecular formula is C14H24N2. The number of aryl methyl sites for hydroxylation is 3. The van der Waals surface area contributed by atoms with Crippen LogP contribution in [0.2, 0.25) is 0 Å². The minimum absolute atomic E-state index is 1.07. The zero-order valence-electron chi connectivity index (χ0n) is 11.6. The lowest BCUT2D eigenvalue weighted by Crippen LogP contribution is -1.90. The second kappa shape index (κ2) is 7.04. The van der Waals surface area contributed by atoms with E-state index in [-0.39, 0.29) is 0 Å². The normalized spacial score (nSPS) is 8.94. The van der Waals surface area contributed by atoms with Crippen molar-refractivity contribution in [2.75, 3.05) is 0 Å². The molecule has 0 bridgehead atoms. The number of aromatic nitrogens is 2. The van der Waals surface area contributed by atoms with Crippen LogP contribution in [0.4, 0.5) is 0 Å². The monoisotopic (exact) mass is 220 g/mol. The first-order valence-corrected chi connectivity index (χ1v) is 6.10. The SMILES string of the molecule is CC.CC.Cc1cc(C)c2cc(C)nn2c1. The average molecular weight is 220 g/mol. The van der Waals surface area contributed by atoms with Gasteiger partial charge in [0, 0.05) is 6.20 Å². The van der Waals surface area contributed by atoms with Crippen LogP contribution >= 0.6 is 0 Å². The van der Waals surface area contributed by atoms with Gasteiger partial charge in [-0.15, -0.1) is 0 Å². The predicted molar refractivity (Wildman–Crippen MR) is 72.1 cm³/mol. The van der Waals surface area contributed by atoms with Crippen LogP contribution in [-0.4, -0.2) is 9.61 Å². The van der Waals surface area contributed by atoms with Crippen molar-refractivity contribution < 1.29 is 0 Å². The van der Waals surface area contributed by atoms with E-state index < -0.39 is 0 Å². The number of fused-ring (bicyclic) bond motifs is 1. The lowest BCUT2D eigenvalue weighted by atomic mass is 10.2. The van der Waals surface area contributed by atoms with Gasteiger partial charge in [-0.05, 0) is 38.0 Å². The van der Waals surface area contributed by atoms with Gasteiger partial charge in [0.05, 0.1) is 11.2 Å². The minimum Gasteiger partial charge on any atom is -0.240 e. The largest absolute Gasteiger partial charge is 0.240 e. The molecule has 0 N–H and O–H groups in total. The molecule has 0 aromatic carbocycles. The Morgan fingerprint density at radius 2 is 1.50 bits per heavy atom. The van der Waals surface area contributed by atoms with Gasteiger partial charge in [-0.25, -0.2) is 4.52 Å². The molecular weight excluding hydrogens is 196 g/mol. The molecule has 2 aromatic rings. The van der Waals surface area contributed by atoms with Gasteiger partial charge in [0.15, 0.2) is 0 Å². The summed E-state index contributed by atoms with van der Waals surface area (Å²) in [6.07, 6.45) is 2.05. The molecule has 0 amide bonds. The molecule has 16 heavy (non-hydrogen) atoms. The molecule has 0 aliphatic rings. The highest BCUT2D eigenvalue weighted by Crippen LogP contribution is 2.12. The summed E-state index contributed by atoms with van der Waals surface area (Å²) in [5.74, 6) is 0. The lowest BCUT2D eigenvalue weighted by molar-refractivity contribution is 0.922. The van der Waals surface area contributed by atoms with Crippen LogP contribution in [0, 0.1) is 20.8 Å². The molecule has 2 nitrogen and oxygen atoms in total. The van der Waals surface area contributed by atoms with Crippen molar-refractivity contribution in [3.05, 3.63) is 35.2 Å². The molecule has 2 heteroatoms. The molecule has 2 heterocycles. The van der Waals surface area contributed by atoms with Crippen molar-refractivity contribution in [2.45, 2.75) is 48.5 Å². The number of hydrogen-bond donors (Lipinski definition) is 0. The summed E-state index contributed by atoms with van der Waals surface area (Å²) in [6, 6.07) is 4.28. The molecule has 0 saturated heterocycles. The molecule has 0 spiro atoms. The highest BCUT2D eigenvalue weighted by atomic mass is 15.2. The summed E-state index contributed by atoms with van der Waals surface area (Å²) in [4.78, 5) is 0. The Bertz CT molecular complexity index is 427. The van der Waals surface area contributed by atoms with E-state index in [0.29, 0.717) is 0 Å². The third-order valence-electron chi connectivity index (χ3n) is 2.03. The van der Waals surface area contributed by atoms with Gasteiger partial charge in [-0.1, -0.05) is 33.8 Å². The predicted octanol–water partition coefficient (Wildman–Crippen LogP) is 4.31. The first kappa shape index (κ1) is 14.7. The standard InChI is InChI=1S/C10H12N2.2C2H6/c1-7-4-8(2)10-5-9(3)11-12(10)6-7;2*1-2/h4-6H,1-3H3;2*1-2H3. The summed E-state index contributed by atoms with van der Waals surface area (Å²) >= 11 is 0. The third kappa shape index (κ3) is 3.37. The Labute approximate surface area is 99.3 Å². The average Bonchev–Trinajstić information content (AvgIpc) is 2.65. The number of nitrogens with zero attached hydrogens (tertiary/aromatic N) is 2. The Balaban J connectivity index is 0.000000509. The topological polar surface area (TPSA) is 17.3 Å². The van der Waals surface area contributed by atoms with Gasteiger partial charge in [-0.3, -0.25) is 0 Å². The second-order valence-corrected chi connectivity index (χ2v) is 3.32. The van der Waals surface area contributed by atoms with Gasteiger partial charge in [0.1, 0.15) is 0 Å². The Morgan fingerprint density at radius 1 is 0.938 bits per heavy atom. The van der Waals surface area contributed by atoms with E-state index in [1.165, 1.54) is 16.6 Å². The smallest absolute Gasteiger partial charge is 0.0693 e. The third-order valence-corrected chi connectivity index (χ3v) is 2.03. The lowest BCUT2D eigenvalue weighted by Gasteiger charge is -1.99. The summed E-state index contributed by atoms with van der Waals surface area (Å²) in [6.45, 7) is 14.2. The maximum atomic E-state index is 4.35. The summed E-state index contributed by atoms with van der Waals surface area (Å²) in [7, 11) is 0. The van der Waals surface area contributed by atoms with E-state index in [1.54, 1.807) is 0 Å². The van der Waals surface area contributed by atoms with Crippen LogP contribution in [0.15, 0.2) is 18.3 Å². The Kier molecular flexibility index (Phi) is 6.47. The maximum Gasteiger partial charge on any atom is 0.0693 e. The molecule has 0 atom stereocenters. The fourth-order valence-electron chi connectivity index (χ4n) is 1.56. The van der Waals surface area contributed by atoms with E-state index in [2.05, 4.69) is 37.3 Å². The minimum atomic E-state index is 1.07. The second-order valence-electron chi connectivity index (χ2n) is 3.32. The van der Waals surface area contributed by atoms with Crippen molar-refractivity contribution in [3.8, 4) is 0 Å². The number of rotatable bonds is 0. The van der Waals surface area contributed by atoms with Crippen molar-refractivity contribution in [1.29, 1.82) is 0 Å². The van der Waals surface area contributed by atoms with Crippen LogP contribution in [-0.2, 0) is 0 Å². The van der Waals surface area contributed by atoms with Crippen molar-refractivity contribution in [2.24, 2.45) is 0 Å². The quantitative estimate of drug-likeness (QED) is 0.646. The Hall–Kier alpha value is -1.31. The molecule has 90 valence electrons. The molecule has 2 aromatic heterocycles. The van der Waals surface area contributed by atoms with Crippen LogP contribution in [0.3, 0.4) is 0 Å². The van der Waals surface area contributed by atoms with Gasteiger partial charge in [0.25, 0.3) is 0 Å². The van der Waals surface area contributed by atoms with Gasteiger partial charge in [-0.2, -0.15) is 5.10 Å². The van der Waals surface area contributed by atoms with Crippen molar-refractivity contribution in [1.82, 2.24) is 9.61 Å². The fourth-order valence-corrected chi connectivity index (χ4v) is 1.56. The van der Waals surface area contributed by atoms with Crippen LogP contribution in [0.25, 0.3) is 5.52 Å². The van der Waals surface area contributed by atoms with Gasteiger partial charge < -0.3 is 0 Å². The van der Waals surface area contributed by atoms with Crippen molar-refractivity contribution in [3.63, 3.8) is 0 Å². The van der Waals surface area contributed by atoms with E-state index in [4.69, 9.17) is 0 Å². The summed E-state index contributed by atoms with van der Waals surface area (Å²) < 4.78 is 1.94. The summed E-state index contributed by atoms with van der Waals surface area (Å²) in [5, 5.41) is 4.35. The van der Waals surface area contributed by atoms with E-state index >= 15 is 0 Å². The zero-order chi connectivity index (χ0) is 12.7. The molecule has 0 aliphatic heterocycles. The molecule has 0 fully saturated rings. The number of pyridine rings is 1. The summed E-state index contributed by atoms with van der Waals surface area (Å²) in [5.41, 5.74) is 4.82. The first-order valence-electron chi connectivity index (χ1n) is 6.10. The highest BCUT2D eigenvalue weighted by molar-refractivity contribution is 5.55.